The van der Waals surface area contributed by atoms with Crippen LogP contribution in [0.5, 0.6) is 17.2 Å². The summed E-state index contributed by atoms with van der Waals surface area (Å²) in [6, 6.07) is 11.9. The Morgan fingerprint density at radius 3 is 2.48 bits per heavy atom. The van der Waals surface area contributed by atoms with Crippen LogP contribution in [0.2, 0.25) is 0 Å². The SMILES string of the molecule is CNCc1cc(Br)cc(OC)c1OCCOc1ccccc1C. The number of nitrogens with one attached hydrogen (secondary N) is 1. The molecule has 2 rings (SSSR count). The molecule has 0 atom stereocenters. The van der Waals surface area contributed by atoms with Crippen molar-refractivity contribution < 1.29 is 14.2 Å². The molecule has 0 saturated heterocycles. The van der Waals surface area contributed by atoms with Crippen molar-refractivity contribution in [3.63, 3.8) is 0 Å². The molecule has 5 heteroatoms. The van der Waals surface area contributed by atoms with E-state index in [1.54, 1.807) is 7.11 Å². The van der Waals surface area contributed by atoms with Crippen LogP contribution in [0.4, 0.5) is 0 Å². The van der Waals surface area contributed by atoms with Gasteiger partial charge in [0, 0.05) is 16.6 Å². The summed E-state index contributed by atoms with van der Waals surface area (Å²) in [4.78, 5) is 0. The second kappa shape index (κ2) is 8.79. The molecule has 2 aromatic rings. The van der Waals surface area contributed by atoms with Gasteiger partial charge in [0.25, 0.3) is 0 Å². The van der Waals surface area contributed by atoms with Crippen molar-refractivity contribution in [1.29, 1.82) is 0 Å². The summed E-state index contributed by atoms with van der Waals surface area (Å²) in [5.74, 6) is 2.34. The first-order valence-corrected chi connectivity index (χ1v) is 8.27. The molecule has 0 aromatic heterocycles. The molecular weight excluding hydrogens is 358 g/mol. The van der Waals surface area contributed by atoms with Gasteiger partial charge >= 0.3 is 0 Å². The molecule has 0 unspecified atom stereocenters. The standard InChI is InChI=1S/C18H22BrNO3/c1-13-6-4-5-7-16(13)22-8-9-23-18-14(12-20-2)10-15(19)11-17(18)21-3/h4-7,10-11,20H,8-9,12H2,1-3H3. The van der Waals surface area contributed by atoms with Gasteiger partial charge in [-0.3, -0.25) is 0 Å². The Balaban J connectivity index is 2.00. The number of hydrogen-bond donors (Lipinski definition) is 1. The number of hydrogen-bond acceptors (Lipinski definition) is 4. The van der Waals surface area contributed by atoms with Gasteiger partial charge in [-0.2, -0.15) is 0 Å². The van der Waals surface area contributed by atoms with Gasteiger partial charge < -0.3 is 19.5 Å². The summed E-state index contributed by atoms with van der Waals surface area (Å²) >= 11 is 3.49. The number of benzene rings is 2. The van der Waals surface area contributed by atoms with Crippen molar-refractivity contribution in [3.05, 3.63) is 52.0 Å². The van der Waals surface area contributed by atoms with E-state index in [1.165, 1.54) is 0 Å². The number of para-hydroxylation sites is 1. The third-order valence-electron chi connectivity index (χ3n) is 3.36. The molecule has 4 nitrogen and oxygen atoms in total. The monoisotopic (exact) mass is 379 g/mol. The summed E-state index contributed by atoms with van der Waals surface area (Å²) in [7, 11) is 3.54. The van der Waals surface area contributed by atoms with E-state index in [0.717, 1.165) is 27.1 Å². The van der Waals surface area contributed by atoms with Gasteiger partial charge in [-0.05, 0) is 37.7 Å². The predicted octanol–water partition coefficient (Wildman–Crippen LogP) is 3.94. The highest BCUT2D eigenvalue weighted by atomic mass is 79.9. The molecule has 1 N–H and O–H groups in total. The first-order chi connectivity index (χ1) is 11.2. The largest absolute Gasteiger partial charge is 0.493 e. The zero-order valence-electron chi connectivity index (χ0n) is 13.7. The maximum absolute atomic E-state index is 5.92. The van der Waals surface area contributed by atoms with Crippen molar-refractivity contribution in [1.82, 2.24) is 5.32 Å². The summed E-state index contributed by atoms with van der Waals surface area (Å²) in [5, 5.41) is 3.14. The van der Waals surface area contributed by atoms with E-state index in [9.17, 15) is 0 Å². The van der Waals surface area contributed by atoms with Gasteiger partial charge in [0.05, 0.1) is 7.11 Å². The lowest BCUT2D eigenvalue weighted by Gasteiger charge is -2.16. The minimum absolute atomic E-state index is 0.447. The van der Waals surface area contributed by atoms with Gasteiger partial charge in [0.15, 0.2) is 11.5 Å². The fourth-order valence-corrected chi connectivity index (χ4v) is 2.76. The maximum atomic E-state index is 5.92. The molecule has 2 aromatic carbocycles. The van der Waals surface area contributed by atoms with E-state index in [-0.39, 0.29) is 0 Å². The van der Waals surface area contributed by atoms with Crippen molar-refractivity contribution in [3.8, 4) is 17.2 Å². The van der Waals surface area contributed by atoms with Crippen LogP contribution in [0.1, 0.15) is 11.1 Å². The fraction of sp³-hybridized carbons (Fsp3) is 0.333. The molecule has 0 aliphatic rings. The van der Waals surface area contributed by atoms with E-state index in [2.05, 4.69) is 21.2 Å². The Hall–Kier alpha value is -1.72. The Kier molecular flexibility index (Phi) is 6.74. The number of halogens is 1. The van der Waals surface area contributed by atoms with Crippen molar-refractivity contribution in [2.24, 2.45) is 0 Å². The van der Waals surface area contributed by atoms with Gasteiger partial charge in [0.2, 0.25) is 0 Å². The molecule has 124 valence electrons. The van der Waals surface area contributed by atoms with Gasteiger partial charge in [-0.25, -0.2) is 0 Å². The molecule has 0 amide bonds. The Morgan fingerprint density at radius 2 is 1.78 bits per heavy atom. The van der Waals surface area contributed by atoms with E-state index in [1.807, 2.05) is 50.4 Å². The van der Waals surface area contributed by atoms with Gasteiger partial charge in [0.1, 0.15) is 19.0 Å². The molecule has 0 spiro atoms. The second-order valence-corrected chi connectivity index (χ2v) is 6.00. The minimum atomic E-state index is 0.447. The van der Waals surface area contributed by atoms with E-state index >= 15 is 0 Å². The van der Waals surface area contributed by atoms with E-state index in [4.69, 9.17) is 14.2 Å². The molecule has 0 aliphatic heterocycles. The quantitative estimate of drug-likeness (QED) is 0.705. The lowest BCUT2D eigenvalue weighted by atomic mass is 10.2. The highest BCUT2D eigenvalue weighted by Gasteiger charge is 2.12. The molecule has 0 bridgehead atoms. The molecule has 0 aliphatic carbocycles. The zero-order valence-corrected chi connectivity index (χ0v) is 15.3. The number of methoxy groups -OCH3 is 1. The van der Waals surface area contributed by atoms with Crippen LogP contribution < -0.4 is 19.5 Å². The van der Waals surface area contributed by atoms with Crippen molar-refractivity contribution >= 4 is 15.9 Å². The third-order valence-corrected chi connectivity index (χ3v) is 3.82. The van der Waals surface area contributed by atoms with Gasteiger partial charge in [-0.1, -0.05) is 34.1 Å². The smallest absolute Gasteiger partial charge is 0.165 e. The van der Waals surface area contributed by atoms with E-state index < -0.39 is 0 Å². The van der Waals surface area contributed by atoms with Crippen LogP contribution >= 0.6 is 15.9 Å². The summed E-state index contributed by atoms with van der Waals surface area (Å²) in [6.45, 7) is 3.65. The lowest BCUT2D eigenvalue weighted by molar-refractivity contribution is 0.209. The number of rotatable bonds is 8. The lowest BCUT2D eigenvalue weighted by Crippen LogP contribution is -2.13. The first kappa shape index (κ1) is 17.6. The highest BCUT2D eigenvalue weighted by molar-refractivity contribution is 9.10. The summed E-state index contributed by atoms with van der Waals surface area (Å²) in [5.41, 5.74) is 2.15. The zero-order chi connectivity index (χ0) is 16.7. The predicted molar refractivity (Wildman–Crippen MR) is 95.6 cm³/mol. The molecule has 0 heterocycles. The number of ether oxygens (including phenoxy) is 3. The molecule has 0 fully saturated rings. The van der Waals surface area contributed by atoms with Gasteiger partial charge in [-0.15, -0.1) is 0 Å². The highest BCUT2D eigenvalue weighted by Crippen LogP contribution is 2.34. The summed E-state index contributed by atoms with van der Waals surface area (Å²) in [6.07, 6.45) is 0. The van der Waals surface area contributed by atoms with E-state index in [0.29, 0.717) is 25.5 Å². The van der Waals surface area contributed by atoms with Crippen LogP contribution in [0.3, 0.4) is 0 Å². The van der Waals surface area contributed by atoms with Crippen LogP contribution in [0.25, 0.3) is 0 Å². The molecule has 0 saturated carbocycles. The molecular formula is C18H22BrNO3. The van der Waals surface area contributed by atoms with Crippen LogP contribution in [-0.4, -0.2) is 27.4 Å². The molecule has 23 heavy (non-hydrogen) atoms. The van der Waals surface area contributed by atoms with Crippen LogP contribution in [0.15, 0.2) is 40.9 Å². The van der Waals surface area contributed by atoms with Crippen LogP contribution in [0, 0.1) is 6.92 Å². The third kappa shape index (κ3) is 4.88. The average molecular weight is 380 g/mol. The normalized spacial score (nSPS) is 10.4. The summed E-state index contributed by atoms with van der Waals surface area (Å²) < 4.78 is 18.1. The van der Waals surface area contributed by atoms with Crippen molar-refractivity contribution in [2.75, 3.05) is 27.4 Å². The van der Waals surface area contributed by atoms with Crippen LogP contribution in [-0.2, 0) is 6.54 Å². The average Bonchev–Trinajstić information content (AvgIpc) is 2.54. The second-order valence-electron chi connectivity index (χ2n) is 5.09. The first-order valence-electron chi connectivity index (χ1n) is 7.48. The maximum Gasteiger partial charge on any atom is 0.165 e. The Bertz CT molecular complexity index is 646. The Morgan fingerprint density at radius 1 is 1.04 bits per heavy atom. The van der Waals surface area contributed by atoms with Crippen molar-refractivity contribution in [2.45, 2.75) is 13.5 Å². The fourth-order valence-electron chi connectivity index (χ4n) is 2.27. The minimum Gasteiger partial charge on any atom is -0.493 e. The topological polar surface area (TPSA) is 39.7 Å². The Labute approximate surface area is 145 Å². The number of aryl methyl sites for hydroxylation is 1. The molecule has 0 radical (unpaired) electrons.